The number of carbonyl (C=O) groups excluding carboxylic acids is 2. The fourth-order valence-corrected chi connectivity index (χ4v) is 5.08. The zero-order chi connectivity index (χ0) is 23.1. The molecule has 6 heteroatoms. The summed E-state index contributed by atoms with van der Waals surface area (Å²) in [6.07, 6.45) is 4.95. The van der Waals surface area contributed by atoms with Crippen LogP contribution in [0.4, 0.5) is 5.69 Å². The van der Waals surface area contributed by atoms with Gasteiger partial charge in [-0.05, 0) is 68.7 Å². The fraction of sp³-hybridized carbons (Fsp3) is 0.333. The first-order valence-electron chi connectivity index (χ1n) is 11.6. The molecule has 1 aliphatic carbocycles. The molecule has 0 radical (unpaired) electrons. The summed E-state index contributed by atoms with van der Waals surface area (Å²) >= 11 is 6.35. The van der Waals surface area contributed by atoms with Crippen LogP contribution in [0, 0.1) is 5.92 Å². The first-order valence-corrected chi connectivity index (χ1v) is 12.0. The van der Waals surface area contributed by atoms with Crippen LogP contribution in [0.5, 0.6) is 0 Å². The van der Waals surface area contributed by atoms with Crippen LogP contribution < -0.4 is 4.90 Å². The maximum atomic E-state index is 14.0. The highest BCUT2D eigenvalue weighted by molar-refractivity contribution is 6.30. The topological polar surface area (TPSA) is 45.6 Å². The number of hydrogen-bond acceptors (Lipinski definition) is 2. The lowest BCUT2D eigenvalue weighted by Crippen LogP contribution is -2.50. The van der Waals surface area contributed by atoms with Crippen molar-refractivity contribution in [2.45, 2.75) is 45.2 Å². The van der Waals surface area contributed by atoms with E-state index < -0.39 is 0 Å². The number of aromatic nitrogens is 1. The Hall–Kier alpha value is -3.05. The zero-order valence-corrected chi connectivity index (χ0v) is 19.7. The molecule has 0 spiro atoms. The first-order chi connectivity index (χ1) is 16.0. The summed E-state index contributed by atoms with van der Waals surface area (Å²) in [5.74, 6) is 0.0497. The Bertz CT molecular complexity index is 1200. The molecule has 2 aliphatic rings. The van der Waals surface area contributed by atoms with E-state index in [1.54, 1.807) is 4.90 Å². The van der Waals surface area contributed by atoms with Crippen LogP contribution in [0.1, 0.15) is 50.4 Å². The van der Waals surface area contributed by atoms with Crippen LogP contribution in [0.25, 0.3) is 5.69 Å². The summed E-state index contributed by atoms with van der Waals surface area (Å²) in [5.41, 5.74) is 3.71. The maximum Gasteiger partial charge on any atom is 0.247 e. The number of carbonyl (C=O) groups is 2. The third-order valence-corrected chi connectivity index (χ3v) is 7.05. The van der Waals surface area contributed by atoms with Crippen molar-refractivity contribution < 1.29 is 9.59 Å². The van der Waals surface area contributed by atoms with Gasteiger partial charge in [0.25, 0.3) is 0 Å². The molecule has 2 aromatic carbocycles. The number of fused-ring (bicyclic) bond motifs is 3. The molecule has 5 nitrogen and oxygen atoms in total. The molecule has 5 rings (SSSR count). The van der Waals surface area contributed by atoms with E-state index in [0.29, 0.717) is 5.02 Å². The van der Waals surface area contributed by atoms with Crippen molar-refractivity contribution in [1.29, 1.82) is 0 Å². The number of nitrogens with zero attached hydrogens (tertiary/aromatic N) is 3. The molecule has 0 N–H and O–H groups in total. The van der Waals surface area contributed by atoms with E-state index in [1.807, 2.05) is 85.6 Å². The SMILES string of the molecule is CC(C)N(CC(=O)N1c2ccccc2-n2cccc2C1c1cccc(Cl)c1)C(=O)C1CCC1. The Labute approximate surface area is 199 Å². The summed E-state index contributed by atoms with van der Waals surface area (Å²) in [7, 11) is 0. The summed E-state index contributed by atoms with van der Waals surface area (Å²) in [4.78, 5) is 30.7. The van der Waals surface area contributed by atoms with Crippen LogP contribution in [0.2, 0.25) is 5.02 Å². The smallest absolute Gasteiger partial charge is 0.247 e. The third-order valence-electron chi connectivity index (χ3n) is 6.82. The van der Waals surface area contributed by atoms with Crippen molar-refractivity contribution in [3.8, 4) is 5.69 Å². The number of hydrogen-bond donors (Lipinski definition) is 0. The fourth-order valence-electron chi connectivity index (χ4n) is 4.88. The van der Waals surface area contributed by atoms with Crippen molar-refractivity contribution in [3.05, 3.63) is 83.1 Å². The summed E-state index contributed by atoms with van der Waals surface area (Å²) in [6.45, 7) is 4.01. The largest absolute Gasteiger partial charge is 0.331 e. The summed E-state index contributed by atoms with van der Waals surface area (Å²) in [5, 5.41) is 0.626. The molecule has 33 heavy (non-hydrogen) atoms. The van der Waals surface area contributed by atoms with Crippen molar-refractivity contribution in [2.75, 3.05) is 11.4 Å². The lowest BCUT2D eigenvalue weighted by atomic mass is 9.84. The van der Waals surface area contributed by atoms with Crippen molar-refractivity contribution >= 4 is 29.1 Å². The summed E-state index contributed by atoms with van der Waals surface area (Å²) in [6, 6.07) is 19.2. The van der Waals surface area contributed by atoms with Gasteiger partial charge in [-0.1, -0.05) is 42.3 Å². The molecule has 1 saturated carbocycles. The van der Waals surface area contributed by atoms with Gasteiger partial charge in [0, 0.05) is 23.2 Å². The molecule has 0 bridgehead atoms. The van der Waals surface area contributed by atoms with E-state index in [0.717, 1.165) is 41.9 Å². The van der Waals surface area contributed by atoms with Gasteiger partial charge in [-0.15, -0.1) is 0 Å². The van der Waals surface area contributed by atoms with Gasteiger partial charge >= 0.3 is 0 Å². The molecule has 1 aromatic heterocycles. The molecular formula is C27H28ClN3O2. The van der Waals surface area contributed by atoms with Crippen LogP contribution >= 0.6 is 11.6 Å². The van der Waals surface area contributed by atoms with Gasteiger partial charge in [0.05, 0.1) is 17.1 Å². The van der Waals surface area contributed by atoms with Crippen molar-refractivity contribution in [1.82, 2.24) is 9.47 Å². The highest BCUT2D eigenvalue weighted by atomic mass is 35.5. The van der Waals surface area contributed by atoms with Crippen LogP contribution in [-0.2, 0) is 9.59 Å². The number of benzene rings is 2. The second-order valence-electron chi connectivity index (χ2n) is 9.20. The lowest BCUT2D eigenvalue weighted by Gasteiger charge is -2.40. The minimum Gasteiger partial charge on any atom is -0.331 e. The normalized spacial score (nSPS) is 17.3. The molecular weight excluding hydrogens is 434 g/mol. The third kappa shape index (κ3) is 3.84. The Kier molecular flexibility index (Phi) is 5.75. The van der Waals surface area contributed by atoms with Crippen molar-refractivity contribution in [2.24, 2.45) is 5.92 Å². The lowest BCUT2D eigenvalue weighted by molar-refractivity contribution is -0.143. The van der Waals surface area contributed by atoms with E-state index in [9.17, 15) is 9.59 Å². The standard InChI is InChI=1S/C27H28ClN3O2/c1-18(2)30(27(33)19-8-5-9-19)17-25(32)31-23-13-4-3-12-22(23)29-15-7-14-24(29)26(31)20-10-6-11-21(28)16-20/h3-4,6-7,10-16,18-19,26H,5,8-9,17H2,1-2H3. The second kappa shape index (κ2) is 8.71. The quantitative estimate of drug-likeness (QED) is 0.496. The number of anilines is 1. The number of para-hydroxylation sites is 2. The van der Waals surface area contributed by atoms with E-state index in [-0.39, 0.29) is 36.4 Å². The van der Waals surface area contributed by atoms with Gasteiger partial charge in [-0.3, -0.25) is 14.5 Å². The molecule has 2 amide bonds. The van der Waals surface area contributed by atoms with Gasteiger partial charge in [-0.2, -0.15) is 0 Å². The highest BCUT2D eigenvalue weighted by Crippen LogP contribution is 2.42. The molecule has 0 saturated heterocycles. The van der Waals surface area contributed by atoms with E-state index >= 15 is 0 Å². The molecule has 1 aliphatic heterocycles. The predicted molar refractivity (Wildman–Crippen MR) is 131 cm³/mol. The monoisotopic (exact) mass is 461 g/mol. The minimum absolute atomic E-state index is 0.0458. The average Bonchev–Trinajstić information content (AvgIpc) is 3.24. The molecule has 1 atom stereocenters. The Morgan fingerprint density at radius 2 is 1.79 bits per heavy atom. The molecule has 3 aromatic rings. The molecule has 170 valence electrons. The highest BCUT2D eigenvalue weighted by Gasteiger charge is 2.38. The number of halogens is 1. The van der Waals surface area contributed by atoms with Crippen molar-refractivity contribution in [3.63, 3.8) is 0 Å². The Morgan fingerprint density at radius 1 is 1.03 bits per heavy atom. The average molecular weight is 462 g/mol. The number of rotatable bonds is 5. The Morgan fingerprint density at radius 3 is 2.45 bits per heavy atom. The molecule has 1 unspecified atom stereocenters. The Balaban J connectivity index is 1.58. The second-order valence-corrected chi connectivity index (χ2v) is 9.64. The van der Waals surface area contributed by atoms with Gasteiger partial charge in [0.2, 0.25) is 11.8 Å². The van der Waals surface area contributed by atoms with E-state index in [2.05, 4.69) is 4.57 Å². The zero-order valence-electron chi connectivity index (χ0n) is 18.9. The van der Waals surface area contributed by atoms with Crippen LogP contribution in [0.3, 0.4) is 0 Å². The van der Waals surface area contributed by atoms with Gasteiger partial charge in [-0.25, -0.2) is 0 Å². The van der Waals surface area contributed by atoms with Gasteiger partial charge < -0.3 is 9.47 Å². The maximum absolute atomic E-state index is 14.0. The van der Waals surface area contributed by atoms with Crippen LogP contribution in [-0.4, -0.2) is 33.9 Å². The number of amides is 2. The minimum atomic E-state index is -0.339. The van der Waals surface area contributed by atoms with E-state index in [1.165, 1.54) is 0 Å². The van der Waals surface area contributed by atoms with Gasteiger partial charge in [0.1, 0.15) is 12.6 Å². The predicted octanol–water partition coefficient (Wildman–Crippen LogP) is 5.60. The summed E-state index contributed by atoms with van der Waals surface area (Å²) < 4.78 is 2.13. The van der Waals surface area contributed by atoms with Crippen LogP contribution in [0.15, 0.2) is 66.9 Å². The molecule has 1 fully saturated rings. The molecule has 2 heterocycles. The van der Waals surface area contributed by atoms with Gasteiger partial charge in [0.15, 0.2) is 0 Å². The van der Waals surface area contributed by atoms with E-state index in [4.69, 9.17) is 11.6 Å². The first kappa shape index (κ1) is 21.8.